The van der Waals surface area contributed by atoms with E-state index in [9.17, 15) is 0 Å². The Morgan fingerprint density at radius 3 is 2.74 bits per heavy atom. The number of aromatic nitrogens is 1. The molecule has 2 N–H and O–H groups in total. The SMILES string of the molecule is COCC(C(C)C)n1ccc2c1CC(C)(C)CC2N. The molecule has 0 fully saturated rings. The van der Waals surface area contributed by atoms with Gasteiger partial charge in [0.15, 0.2) is 0 Å². The van der Waals surface area contributed by atoms with Crippen LogP contribution in [0.2, 0.25) is 0 Å². The number of rotatable bonds is 4. The van der Waals surface area contributed by atoms with E-state index in [0.717, 1.165) is 19.4 Å². The monoisotopic (exact) mass is 264 g/mol. The summed E-state index contributed by atoms with van der Waals surface area (Å²) in [6.07, 6.45) is 4.38. The number of hydrogen-bond acceptors (Lipinski definition) is 2. The molecule has 0 saturated heterocycles. The Labute approximate surface area is 117 Å². The number of fused-ring (bicyclic) bond motifs is 1. The van der Waals surface area contributed by atoms with Gasteiger partial charge >= 0.3 is 0 Å². The minimum Gasteiger partial charge on any atom is -0.383 e. The molecule has 1 aromatic heterocycles. The van der Waals surface area contributed by atoms with Crippen molar-refractivity contribution in [2.45, 2.75) is 52.6 Å². The van der Waals surface area contributed by atoms with E-state index in [2.05, 4.69) is 44.5 Å². The Bertz CT molecular complexity index is 434. The predicted octanol–water partition coefficient (Wildman–Crippen LogP) is 3.30. The molecule has 0 spiro atoms. The third-order valence-corrected chi connectivity index (χ3v) is 4.34. The molecule has 0 bridgehead atoms. The fourth-order valence-corrected chi connectivity index (χ4v) is 3.33. The van der Waals surface area contributed by atoms with Gasteiger partial charge in [-0.15, -0.1) is 0 Å². The summed E-state index contributed by atoms with van der Waals surface area (Å²) in [6.45, 7) is 9.89. The van der Waals surface area contributed by atoms with Gasteiger partial charge < -0.3 is 15.0 Å². The molecule has 2 unspecified atom stereocenters. The van der Waals surface area contributed by atoms with E-state index in [0.29, 0.717) is 12.0 Å². The van der Waals surface area contributed by atoms with Gasteiger partial charge in [0.05, 0.1) is 12.6 Å². The smallest absolute Gasteiger partial charge is 0.0672 e. The van der Waals surface area contributed by atoms with Crippen LogP contribution in [0.1, 0.15) is 57.5 Å². The Hall–Kier alpha value is -0.800. The maximum Gasteiger partial charge on any atom is 0.0672 e. The Balaban J connectivity index is 2.39. The molecule has 0 aromatic carbocycles. The zero-order valence-electron chi connectivity index (χ0n) is 12.9. The van der Waals surface area contributed by atoms with E-state index < -0.39 is 0 Å². The summed E-state index contributed by atoms with van der Waals surface area (Å²) >= 11 is 0. The second kappa shape index (κ2) is 5.29. The number of ether oxygens (including phenoxy) is 1. The topological polar surface area (TPSA) is 40.2 Å². The van der Waals surface area contributed by atoms with Crippen molar-refractivity contribution in [2.24, 2.45) is 17.1 Å². The van der Waals surface area contributed by atoms with Crippen LogP contribution in [-0.2, 0) is 11.2 Å². The van der Waals surface area contributed by atoms with Gasteiger partial charge in [0.1, 0.15) is 0 Å². The molecule has 1 aliphatic carbocycles. The van der Waals surface area contributed by atoms with Crippen molar-refractivity contribution in [1.29, 1.82) is 0 Å². The summed E-state index contributed by atoms with van der Waals surface area (Å²) in [6, 6.07) is 2.78. The largest absolute Gasteiger partial charge is 0.383 e. The first-order chi connectivity index (χ1) is 8.85. The molecule has 1 aliphatic rings. The number of nitrogens with zero attached hydrogens (tertiary/aromatic N) is 1. The molecule has 3 nitrogen and oxygen atoms in total. The molecule has 0 amide bonds. The van der Waals surface area contributed by atoms with Gasteiger partial charge in [-0.25, -0.2) is 0 Å². The minimum absolute atomic E-state index is 0.176. The Kier molecular flexibility index (Phi) is 4.07. The van der Waals surface area contributed by atoms with Crippen LogP contribution in [0.25, 0.3) is 0 Å². The summed E-state index contributed by atoms with van der Waals surface area (Å²) < 4.78 is 7.81. The highest BCUT2D eigenvalue weighted by Crippen LogP contribution is 2.41. The predicted molar refractivity (Wildman–Crippen MR) is 79.2 cm³/mol. The summed E-state index contributed by atoms with van der Waals surface area (Å²) in [5.41, 5.74) is 9.38. The van der Waals surface area contributed by atoms with Crippen LogP contribution < -0.4 is 5.73 Å². The quantitative estimate of drug-likeness (QED) is 0.906. The Morgan fingerprint density at radius 2 is 2.16 bits per heavy atom. The van der Waals surface area contributed by atoms with E-state index in [-0.39, 0.29) is 11.5 Å². The van der Waals surface area contributed by atoms with Crippen molar-refractivity contribution >= 4 is 0 Å². The van der Waals surface area contributed by atoms with Crippen LogP contribution in [0, 0.1) is 11.3 Å². The van der Waals surface area contributed by atoms with Crippen molar-refractivity contribution in [1.82, 2.24) is 4.57 Å². The molecule has 19 heavy (non-hydrogen) atoms. The van der Waals surface area contributed by atoms with Crippen LogP contribution in [0.4, 0.5) is 0 Å². The summed E-state index contributed by atoms with van der Waals surface area (Å²) in [5.74, 6) is 0.553. The number of nitrogens with two attached hydrogens (primary N) is 1. The van der Waals surface area contributed by atoms with Gasteiger partial charge in [0.25, 0.3) is 0 Å². The highest BCUT2D eigenvalue weighted by Gasteiger charge is 2.33. The third-order valence-electron chi connectivity index (χ3n) is 4.34. The van der Waals surface area contributed by atoms with Crippen LogP contribution in [-0.4, -0.2) is 18.3 Å². The summed E-state index contributed by atoms with van der Waals surface area (Å²) in [7, 11) is 1.78. The van der Waals surface area contributed by atoms with Gasteiger partial charge in [0, 0.05) is 25.0 Å². The fraction of sp³-hybridized carbons (Fsp3) is 0.750. The van der Waals surface area contributed by atoms with Crippen molar-refractivity contribution < 1.29 is 4.74 Å². The lowest BCUT2D eigenvalue weighted by molar-refractivity contribution is 0.129. The maximum absolute atomic E-state index is 6.34. The second-order valence-corrected chi connectivity index (χ2v) is 7.04. The van der Waals surface area contributed by atoms with E-state index >= 15 is 0 Å². The Morgan fingerprint density at radius 1 is 1.47 bits per heavy atom. The molecule has 0 radical (unpaired) electrons. The van der Waals surface area contributed by atoms with Crippen molar-refractivity contribution in [3.8, 4) is 0 Å². The van der Waals surface area contributed by atoms with Gasteiger partial charge in [-0.1, -0.05) is 27.7 Å². The zero-order chi connectivity index (χ0) is 14.2. The number of hydrogen-bond donors (Lipinski definition) is 1. The van der Waals surface area contributed by atoms with Crippen molar-refractivity contribution in [3.63, 3.8) is 0 Å². The van der Waals surface area contributed by atoms with Crippen LogP contribution >= 0.6 is 0 Å². The normalized spacial score (nSPS) is 23.4. The molecule has 2 rings (SSSR count). The van der Waals surface area contributed by atoms with Crippen molar-refractivity contribution in [2.75, 3.05) is 13.7 Å². The van der Waals surface area contributed by atoms with Crippen LogP contribution in [0.3, 0.4) is 0 Å². The molecule has 0 aliphatic heterocycles. The van der Waals surface area contributed by atoms with Crippen LogP contribution in [0.15, 0.2) is 12.3 Å². The molecular formula is C16H28N2O. The van der Waals surface area contributed by atoms with Crippen molar-refractivity contribution in [3.05, 3.63) is 23.5 Å². The van der Waals surface area contributed by atoms with E-state index in [1.807, 2.05) is 0 Å². The van der Waals surface area contributed by atoms with Gasteiger partial charge in [-0.3, -0.25) is 0 Å². The lowest BCUT2D eigenvalue weighted by atomic mass is 9.74. The fourth-order valence-electron chi connectivity index (χ4n) is 3.33. The maximum atomic E-state index is 6.34. The highest BCUT2D eigenvalue weighted by molar-refractivity contribution is 5.30. The lowest BCUT2D eigenvalue weighted by Crippen LogP contribution is -2.32. The molecule has 3 heteroatoms. The molecule has 108 valence electrons. The average Bonchev–Trinajstić information content (AvgIpc) is 2.67. The molecule has 2 atom stereocenters. The number of methoxy groups -OCH3 is 1. The van der Waals surface area contributed by atoms with E-state index in [4.69, 9.17) is 10.5 Å². The first kappa shape index (κ1) is 14.6. The van der Waals surface area contributed by atoms with Crippen LogP contribution in [0.5, 0.6) is 0 Å². The standard InChI is InChI=1S/C16H28N2O/c1-11(2)15(10-19-5)18-7-6-12-13(17)8-16(3,4)9-14(12)18/h6-7,11,13,15H,8-10,17H2,1-5H3. The minimum atomic E-state index is 0.176. The average molecular weight is 264 g/mol. The first-order valence-electron chi connectivity index (χ1n) is 7.30. The summed E-state index contributed by atoms with van der Waals surface area (Å²) in [4.78, 5) is 0. The molecule has 0 saturated carbocycles. The second-order valence-electron chi connectivity index (χ2n) is 7.04. The lowest BCUT2D eigenvalue weighted by Gasteiger charge is -2.36. The molecule has 1 heterocycles. The third kappa shape index (κ3) is 2.87. The zero-order valence-corrected chi connectivity index (χ0v) is 12.9. The van der Waals surface area contributed by atoms with Gasteiger partial charge in [0.2, 0.25) is 0 Å². The van der Waals surface area contributed by atoms with E-state index in [1.165, 1.54) is 11.3 Å². The highest BCUT2D eigenvalue weighted by atomic mass is 16.5. The summed E-state index contributed by atoms with van der Waals surface area (Å²) in [5, 5.41) is 0. The van der Waals surface area contributed by atoms with Gasteiger partial charge in [-0.05, 0) is 35.8 Å². The van der Waals surface area contributed by atoms with E-state index in [1.54, 1.807) is 7.11 Å². The van der Waals surface area contributed by atoms with Gasteiger partial charge in [-0.2, -0.15) is 0 Å². The molecule has 1 aromatic rings. The first-order valence-corrected chi connectivity index (χ1v) is 7.30. The molecular weight excluding hydrogens is 236 g/mol.